The van der Waals surface area contributed by atoms with Gasteiger partial charge in [0.1, 0.15) is 11.1 Å². The van der Waals surface area contributed by atoms with Crippen molar-refractivity contribution in [1.82, 2.24) is 19.9 Å². The van der Waals surface area contributed by atoms with Crippen LogP contribution in [-0.2, 0) is 17.9 Å². The topological polar surface area (TPSA) is 51.0 Å². The zero-order chi connectivity index (χ0) is 17.9. The number of amides is 1. The largest absolute Gasteiger partial charge is 0.320 e. The highest BCUT2D eigenvalue weighted by Crippen LogP contribution is 2.38. The summed E-state index contributed by atoms with van der Waals surface area (Å²) in [5, 5.41) is 8.49. The molecule has 26 heavy (non-hydrogen) atoms. The Morgan fingerprint density at radius 1 is 1.04 bits per heavy atom. The van der Waals surface area contributed by atoms with Crippen molar-refractivity contribution in [3.8, 4) is 0 Å². The van der Waals surface area contributed by atoms with E-state index in [0.29, 0.717) is 18.8 Å². The van der Waals surface area contributed by atoms with E-state index < -0.39 is 0 Å². The van der Waals surface area contributed by atoms with Crippen molar-refractivity contribution in [3.63, 3.8) is 0 Å². The lowest BCUT2D eigenvalue weighted by atomic mass is 10.2. The van der Waals surface area contributed by atoms with Crippen LogP contribution in [-0.4, -0.2) is 31.6 Å². The van der Waals surface area contributed by atoms with Gasteiger partial charge in [0.15, 0.2) is 0 Å². The third-order valence-electron chi connectivity index (χ3n) is 4.23. The number of aromatic nitrogens is 3. The quantitative estimate of drug-likeness (QED) is 0.618. The Morgan fingerprint density at radius 2 is 1.77 bits per heavy atom. The predicted octanol–water partition coefficient (Wildman–Crippen LogP) is 3.86. The summed E-state index contributed by atoms with van der Waals surface area (Å²) in [7, 11) is 0. The van der Waals surface area contributed by atoms with Crippen molar-refractivity contribution < 1.29 is 4.79 Å². The number of thioether (sulfide) groups is 1. The molecule has 2 heterocycles. The molecule has 5 nitrogen and oxygen atoms in total. The Kier molecular flexibility index (Phi) is 5.08. The Hall–Kier alpha value is -2.12. The molecule has 132 valence electrons. The molecule has 0 aliphatic carbocycles. The highest BCUT2D eigenvalue weighted by Gasteiger charge is 2.34. The van der Waals surface area contributed by atoms with E-state index in [4.69, 9.17) is 0 Å². The molecule has 7 heteroatoms. The van der Waals surface area contributed by atoms with Gasteiger partial charge in [-0.15, -0.1) is 16.9 Å². The molecule has 1 aliphatic heterocycles. The summed E-state index contributed by atoms with van der Waals surface area (Å²) in [6, 6.07) is 18.2. The zero-order valence-electron chi connectivity index (χ0n) is 14.0. The molecule has 0 spiro atoms. The van der Waals surface area contributed by atoms with Gasteiger partial charge < -0.3 is 4.90 Å². The van der Waals surface area contributed by atoms with Crippen molar-refractivity contribution in [2.24, 2.45) is 0 Å². The summed E-state index contributed by atoms with van der Waals surface area (Å²) < 4.78 is 2.88. The fraction of sp³-hybridized carbons (Fsp3) is 0.211. The van der Waals surface area contributed by atoms with Gasteiger partial charge in [0, 0.05) is 11.0 Å². The molecule has 0 bridgehead atoms. The van der Waals surface area contributed by atoms with E-state index in [1.54, 1.807) is 11.8 Å². The number of rotatable bonds is 5. The average Bonchev–Trinajstić information content (AvgIpc) is 3.25. The number of benzene rings is 2. The van der Waals surface area contributed by atoms with Crippen LogP contribution < -0.4 is 0 Å². The Balaban J connectivity index is 1.50. The Morgan fingerprint density at radius 3 is 2.54 bits per heavy atom. The van der Waals surface area contributed by atoms with Crippen LogP contribution in [0.15, 0.2) is 65.3 Å². The first-order valence-electron chi connectivity index (χ1n) is 8.28. The van der Waals surface area contributed by atoms with E-state index >= 15 is 0 Å². The number of hydrogen-bond donors (Lipinski definition) is 0. The van der Waals surface area contributed by atoms with E-state index in [0.717, 1.165) is 21.3 Å². The standard InChI is InChI=1S/C19H17BrN4OS/c20-16-8-6-15(7-9-16)10-23-12-17(21-22-23)19-24(18(25)13-26-19)11-14-4-2-1-3-5-14/h1-9,12,19H,10-11,13H2/t19-/m0/s1. The zero-order valence-corrected chi connectivity index (χ0v) is 16.4. The third-order valence-corrected chi connectivity index (χ3v) is 5.99. The number of halogens is 1. The van der Waals surface area contributed by atoms with Crippen LogP contribution in [0.4, 0.5) is 0 Å². The van der Waals surface area contributed by atoms with Crippen molar-refractivity contribution in [2.75, 3.05) is 5.75 Å². The van der Waals surface area contributed by atoms with Crippen LogP contribution in [0.1, 0.15) is 22.2 Å². The minimum Gasteiger partial charge on any atom is -0.320 e. The van der Waals surface area contributed by atoms with Crippen LogP contribution in [0.2, 0.25) is 0 Å². The van der Waals surface area contributed by atoms with E-state index in [9.17, 15) is 4.79 Å². The molecule has 0 saturated carbocycles. The van der Waals surface area contributed by atoms with E-state index in [2.05, 4.69) is 38.4 Å². The molecule has 0 unspecified atom stereocenters. The predicted molar refractivity (Wildman–Crippen MR) is 105 cm³/mol. The molecule has 1 saturated heterocycles. The van der Waals surface area contributed by atoms with Crippen molar-refractivity contribution in [1.29, 1.82) is 0 Å². The van der Waals surface area contributed by atoms with Crippen molar-refractivity contribution >= 4 is 33.6 Å². The molecule has 1 amide bonds. The van der Waals surface area contributed by atoms with Gasteiger partial charge in [0.25, 0.3) is 0 Å². The van der Waals surface area contributed by atoms with Crippen LogP contribution in [0.3, 0.4) is 0 Å². The van der Waals surface area contributed by atoms with Crippen LogP contribution in [0, 0.1) is 0 Å². The molecule has 1 aliphatic rings. The lowest BCUT2D eigenvalue weighted by Gasteiger charge is -2.22. The minimum atomic E-state index is -0.0821. The maximum absolute atomic E-state index is 12.3. The second-order valence-electron chi connectivity index (χ2n) is 6.14. The number of carbonyl (C=O) groups excluding carboxylic acids is 1. The summed E-state index contributed by atoms with van der Waals surface area (Å²) >= 11 is 5.05. The van der Waals surface area contributed by atoms with Crippen LogP contribution >= 0.6 is 27.7 Å². The highest BCUT2D eigenvalue weighted by atomic mass is 79.9. The van der Waals surface area contributed by atoms with Crippen molar-refractivity contribution in [3.05, 3.63) is 82.1 Å². The maximum atomic E-state index is 12.3. The Labute approximate surface area is 164 Å². The summed E-state index contributed by atoms with van der Waals surface area (Å²) in [6.07, 6.45) is 1.94. The average molecular weight is 429 g/mol. The normalized spacial score (nSPS) is 17.0. The van der Waals surface area contributed by atoms with Gasteiger partial charge in [-0.05, 0) is 23.3 Å². The fourth-order valence-corrected chi connectivity index (χ4v) is 4.31. The summed E-state index contributed by atoms with van der Waals surface area (Å²) in [6.45, 7) is 1.25. The first-order chi connectivity index (χ1) is 12.7. The van der Waals surface area contributed by atoms with Gasteiger partial charge in [-0.25, -0.2) is 4.68 Å². The molecule has 2 aromatic carbocycles. The van der Waals surface area contributed by atoms with Crippen molar-refractivity contribution in [2.45, 2.75) is 18.5 Å². The molecule has 3 aromatic rings. The lowest BCUT2D eigenvalue weighted by molar-refractivity contribution is -0.128. The second-order valence-corrected chi connectivity index (χ2v) is 8.12. The molecule has 4 rings (SSSR count). The monoisotopic (exact) mass is 428 g/mol. The first-order valence-corrected chi connectivity index (χ1v) is 10.1. The SMILES string of the molecule is O=C1CS[C@@H](c2cn(Cc3ccc(Br)cc3)nn2)N1Cc1ccccc1. The maximum Gasteiger partial charge on any atom is 0.234 e. The molecular weight excluding hydrogens is 412 g/mol. The van der Waals surface area contributed by atoms with E-state index in [1.165, 1.54) is 0 Å². The second kappa shape index (κ2) is 7.63. The fourth-order valence-electron chi connectivity index (χ4n) is 2.93. The van der Waals surface area contributed by atoms with Crippen LogP contribution in [0.25, 0.3) is 0 Å². The van der Waals surface area contributed by atoms with Gasteiger partial charge in [0.05, 0.1) is 18.5 Å². The van der Waals surface area contributed by atoms with Gasteiger partial charge in [0.2, 0.25) is 5.91 Å². The van der Waals surface area contributed by atoms with Gasteiger partial charge in [-0.1, -0.05) is 63.6 Å². The molecule has 1 atom stereocenters. The molecule has 0 N–H and O–H groups in total. The number of nitrogens with zero attached hydrogens (tertiary/aromatic N) is 4. The summed E-state index contributed by atoms with van der Waals surface area (Å²) in [5.41, 5.74) is 3.10. The highest BCUT2D eigenvalue weighted by molar-refractivity contribution is 9.10. The first kappa shape index (κ1) is 17.3. The smallest absolute Gasteiger partial charge is 0.234 e. The summed E-state index contributed by atoms with van der Waals surface area (Å²) in [5.74, 6) is 0.628. The van der Waals surface area contributed by atoms with Crippen LogP contribution in [0.5, 0.6) is 0 Å². The summed E-state index contributed by atoms with van der Waals surface area (Å²) in [4.78, 5) is 14.2. The van der Waals surface area contributed by atoms with Gasteiger partial charge in [-0.2, -0.15) is 0 Å². The molecule has 1 fully saturated rings. The number of carbonyl (C=O) groups is 1. The molecule has 0 radical (unpaired) electrons. The number of hydrogen-bond acceptors (Lipinski definition) is 4. The third kappa shape index (κ3) is 3.83. The minimum absolute atomic E-state index is 0.0821. The van der Waals surface area contributed by atoms with Gasteiger partial charge >= 0.3 is 0 Å². The lowest BCUT2D eigenvalue weighted by Crippen LogP contribution is -2.27. The van der Waals surface area contributed by atoms with E-state index in [-0.39, 0.29) is 11.3 Å². The molecule has 1 aromatic heterocycles. The molecular formula is C19H17BrN4OS. The van der Waals surface area contributed by atoms with Gasteiger partial charge in [-0.3, -0.25) is 4.79 Å². The van der Waals surface area contributed by atoms with E-state index in [1.807, 2.05) is 58.2 Å². The Bertz CT molecular complexity index is 897.